The van der Waals surface area contributed by atoms with Crippen LogP contribution in [0.25, 0.3) is 0 Å². The molecule has 0 spiro atoms. The van der Waals surface area contributed by atoms with Crippen LogP contribution in [0.2, 0.25) is 0 Å². The normalized spacial score (nSPS) is 26.5. The second kappa shape index (κ2) is 4.01. The highest BCUT2D eigenvalue weighted by Crippen LogP contribution is 2.30. The Morgan fingerprint density at radius 1 is 1.20 bits per heavy atom. The van der Waals surface area contributed by atoms with E-state index in [4.69, 9.17) is 0 Å². The lowest BCUT2D eigenvalue weighted by molar-refractivity contribution is -0.0273. The highest BCUT2D eigenvalue weighted by atomic mass is 32.2. The first-order valence-corrected chi connectivity index (χ1v) is 6.93. The van der Waals surface area contributed by atoms with Crippen LogP contribution in [-0.4, -0.2) is 43.1 Å². The van der Waals surface area contributed by atoms with Gasteiger partial charge in [0.15, 0.2) is 0 Å². The molecule has 0 aromatic carbocycles. The largest absolute Gasteiger partial charge is 0.389 e. The van der Waals surface area contributed by atoms with E-state index >= 15 is 0 Å². The molecule has 0 radical (unpaired) electrons. The lowest BCUT2D eigenvalue weighted by Gasteiger charge is -2.36. The molecule has 15 heavy (non-hydrogen) atoms. The number of nitrogens with one attached hydrogen (secondary N) is 1. The summed E-state index contributed by atoms with van der Waals surface area (Å²) in [5.74, 6) is 0. The first-order valence-electron chi connectivity index (χ1n) is 5.49. The van der Waals surface area contributed by atoms with Gasteiger partial charge in [-0.05, 0) is 32.1 Å². The summed E-state index contributed by atoms with van der Waals surface area (Å²) < 4.78 is 27.4. The third kappa shape index (κ3) is 2.50. The highest BCUT2D eigenvalue weighted by molar-refractivity contribution is 7.87. The van der Waals surface area contributed by atoms with Crippen LogP contribution < -0.4 is 4.72 Å². The maximum absolute atomic E-state index is 11.7. The van der Waals surface area contributed by atoms with Crippen LogP contribution >= 0.6 is 0 Å². The van der Waals surface area contributed by atoms with Gasteiger partial charge in [0, 0.05) is 19.6 Å². The lowest BCUT2D eigenvalue weighted by Crippen LogP contribution is -2.50. The molecule has 0 aromatic rings. The minimum absolute atomic E-state index is 0.159. The fourth-order valence-electron chi connectivity index (χ4n) is 2.01. The van der Waals surface area contributed by atoms with E-state index in [1.807, 2.05) is 0 Å². The van der Waals surface area contributed by atoms with Gasteiger partial charge in [0.2, 0.25) is 0 Å². The summed E-state index contributed by atoms with van der Waals surface area (Å²) in [6.07, 6.45) is 4.27. The SMILES string of the molecule is O=S(=O)(NCC1(O)CCC1)N1CCCC1. The van der Waals surface area contributed by atoms with Gasteiger partial charge in [0.05, 0.1) is 5.60 Å². The molecule has 1 aliphatic heterocycles. The fraction of sp³-hybridized carbons (Fsp3) is 1.00. The summed E-state index contributed by atoms with van der Waals surface area (Å²) in [4.78, 5) is 0. The molecule has 6 heteroatoms. The third-order valence-corrected chi connectivity index (χ3v) is 4.83. The summed E-state index contributed by atoms with van der Waals surface area (Å²) in [5, 5.41) is 9.77. The van der Waals surface area contributed by atoms with Gasteiger partial charge in [-0.15, -0.1) is 0 Å². The Kier molecular flexibility index (Phi) is 3.03. The maximum Gasteiger partial charge on any atom is 0.279 e. The Morgan fingerprint density at radius 2 is 1.80 bits per heavy atom. The van der Waals surface area contributed by atoms with Crippen LogP contribution in [0.3, 0.4) is 0 Å². The average molecular weight is 234 g/mol. The monoisotopic (exact) mass is 234 g/mol. The van der Waals surface area contributed by atoms with E-state index in [0.717, 1.165) is 19.3 Å². The van der Waals surface area contributed by atoms with Crippen LogP contribution in [-0.2, 0) is 10.2 Å². The van der Waals surface area contributed by atoms with Crippen LogP contribution in [0.15, 0.2) is 0 Å². The van der Waals surface area contributed by atoms with Crippen LogP contribution in [0, 0.1) is 0 Å². The van der Waals surface area contributed by atoms with Crippen molar-refractivity contribution in [1.82, 2.24) is 9.03 Å². The van der Waals surface area contributed by atoms with E-state index in [9.17, 15) is 13.5 Å². The van der Waals surface area contributed by atoms with Crippen LogP contribution in [0.5, 0.6) is 0 Å². The predicted molar refractivity (Wildman–Crippen MR) is 56.5 cm³/mol. The van der Waals surface area contributed by atoms with Gasteiger partial charge in [0.25, 0.3) is 10.2 Å². The molecule has 0 unspecified atom stereocenters. The minimum atomic E-state index is -3.35. The van der Waals surface area contributed by atoms with Gasteiger partial charge >= 0.3 is 0 Å². The molecule has 1 aliphatic carbocycles. The quantitative estimate of drug-likeness (QED) is 0.709. The Balaban J connectivity index is 1.87. The first kappa shape index (κ1) is 11.3. The molecule has 1 saturated heterocycles. The van der Waals surface area contributed by atoms with Crippen LogP contribution in [0.4, 0.5) is 0 Å². The summed E-state index contributed by atoms with van der Waals surface area (Å²) in [6, 6.07) is 0. The number of hydrogen-bond acceptors (Lipinski definition) is 3. The first-order chi connectivity index (χ1) is 7.02. The smallest absolute Gasteiger partial charge is 0.279 e. The molecule has 0 bridgehead atoms. The summed E-state index contributed by atoms with van der Waals surface area (Å²) >= 11 is 0. The molecule has 5 nitrogen and oxygen atoms in total. The molecule has 0 amide bonds. The Morgan fingerprint density at radius 3 is 2.27 bits per heavy atom. The summed E-state index contributed by atoms with van der Waals surface area (Å²) in [5.41, 5.74) is -0.785. The van der Waals surface area contributed by atoms with E-state index in [2.05, 4.69) is 4.72 Å². The Labute approximate surface area is 90.6 Å². The Hall–Kier alpha value is -0.170. The van der Waals surface area contributed by atoms with Gasteiger partial charge in [-0.1, -0.05) is 0 Å². The molecule has 1 heterocycles. The van der Waals surface area contributed by atoms with Gasteiger partial charge < -0.3 is 5.11 Å². The Bertz CT molecular complexity index is 318. The number of nitrogens with zero attached hydrogens (tertiary/aromatic N) is 1. The molecule has 2 N–H and O–H groups in total. The van der Waals surface area contributed by atoms with Crippen molar-refractivity contribution in [3.8, 4) is 0 Å². The van der Waals surface area contributed by atoms with Crippen molar-refractivity contribution in [3.63, 3.8) is 0 Å². The van der Waals surface area contributed by atoms with Crippen molar-refractivity contribution in [2.24, 2.45) is 0 Å². The summed E-state index contributed by atoms with van der Waals surface area (Å²) in [7, 11) is -3.35. The van der Waals surface area contributed by atoms with E-state index in [1.165, 1.54) is 4.31 Å². The van der Waals surface area contributed by atoms with Crippen molar-refractivity contribution >= 4 is 10.2 Å². The van der Waals surface area contributed by atoms with Crippen molar-refractivity contribution < 1.29 is 13.5 Å². The zero-order chi connectivity index (χ0) is 10.9. The molecule has 88 valence electrons. The number of aliphatic hydroxyl groups is 1. The molecule has 0 aromatic heterocycles. The third-order valence-electron chi connectivity index (χ3n) is 3.27. The zero-order valence-electron chi connectivity index (χ0n) is 8.78. The van der Waals surface area contributed by atoms with Crippen molar-refractivity contribution in [3.05, 3.63) is 0 Å². The molecule has 2 rings (SSSR count). The fourth-order valence-corrected chi connectivity index (χ4v) is 3.38. The van der Waals surface area contributed by atoms with Gasteiger partial charge in [0.1, 0.15) is 0 Å². The molecular weight excluding hydrogens is 216 g/mol. The standard InChI is InChI=1S/C9H18N2O3S/c12-9(4-3-5-9)8-10-15(13,14)11-6-1-2-7-11/h10,12H,1-8H2. The van der Waals surface area contributed by atoms with Gasteiger partial charge in [-0.2, -0.15) is 17.4 Å². The molecule has 2 aliphatic rings. The highest BCUT2D eigenvalue weighted by Gasteiger charge is 2.36. The topological polar surface area (TPSA) is 69.6 Å². The van der Waals surface area contributed by atoms with E-state index in [-0.39, 0.29) is 6.54 Å². The molecular formula is C9H18N2O3S. The lowest BCUT2D eigenvalue weighted by atomic mass is 9.81. The predicted octanol–water partition coefficient (Wildman–Crippen LogP) is -0.168. The second-order valence-corrected chi connectivity index (χ2v) is 6.27. The average Bonchev–Trinajstić information content (AvgIpc) is 2.65. The van der Waals surface area contributed by atoms with Gasteiger partial charge in [-0.3, -0.25) is 0 Å². The van der Waals surface area contributed by atoms with Gasteiger partial charge in [-0.25, -0.2) is 0 Å². The minimum Gasteiger partial charge on any atom is -0.389 e. The van der Waals surface area contributed by atoms with E-state index in [0.29, 0.717) is 25.9 Å². The van der Waals surface area contributed by atoms with Crippen molar-refractivity contribution in [1.29, 1.82) is 0 Å². The van der Waals surface area contributed by atoms with Crippen molar-refractivity contribution in [2.75, 3.05) is 19.6 Å². The number of rotatable bonds is 4. The van der Waals surface area contributed by atoms with Crippen molar-refractivity contribution in [2.45, 2.75) is 37.7 Å². The van der Waals surface area contributed by atoms with E-state index < -0.39 is 15.8 Å². The number of hydrogen-bond donors (Lipinski definition) is 2. The molecule has 2 fully saturated rings. The van der Waals surface area contributed by atoms with Crippen LogP contribution in [0.1, 0.15) is 32.1 Å². The zero-order valence-corrected chi connectivity index (χ0v) is 9.59. The van der Waals surface area contributed by atoms with E-state index in [1.54, 1.807) is 0 Å². The molecule has 1 saturated carbocycles. The summed E-state index contributed by atoms with van der Waals surface area (Å²) in [6.45, 7) is 1.37. The second-order valence-electron chi connectivity index (χ2n) is 4.51. The molecule has 0 atom stereocenters. The maximum atomic E-state index is 11.7.